The second kappa shape index (κ2) is 9.53. The number of anilines is 1. The van der Waals surface area contributed by atoms with Gasteiger partial charge in [-0.05, 0) is 56.5 Å². The first kappa shape index (κ1) is 27.7. The Labute approximate surface area is 234 Å². The highest BCUT2D eigenvalue weighted by atomic mass is 31.2. The van der Waals surface area contributed by atoms with E-state index in [0.717, 1.165) is 39.0 Å². The summed E-state index contributed by atoms with van der Waals surface area (Å²) in [5, 5.41) is 12.4. The van der Waals surface area contributed by atoms with E-state index in [1.54, 1.807) is 45.1 Å². The van der Waals surface area contributed by atoms with Crippen molar-refractivity contribution in [2.45, 2.75) is 39.2 Å². The molecule has 0 N–H and O–H groups in total. The van der Waals surface area contributed by atoms with Crippen LogP contribution in [-0.4, -0.2) is 48.0 Å². The van der Waals surface area contributed by atoms with E-state index in [1.165, 1.54) is 12.1 Å². The molecule has 11 heteroatoms. The number of carbonyl (C=O) groups is 1. The Hall–Kier alpha value is -3.49. The average molecular weight is 587 g/mol. The van der Waals surface area contributed by atoms with Crippen LogP contribution in [0.15, 0.2) is 47.3 Å². The molecule has 0 spiro atoms. The summed E-state index contributed by atoms with van der Waals surface area (Å²) in [7, 11) is -3.99. The molecule has 0 amide bonds. The molecule has 6 rings (SSSR count). The zero-order valence-electron chi connectivity index (χ0n) is 22.7. The Balaban J connectivity index is 1.75. The summed E-state index contributed by atoms with van der Waals surface area (Å²) in [6.07, 6.45) is 6.77. The lowest BCUT2D eigenvalue weighted by molar-refractivity contribution is -0.582. The maximum Gasteiger partial charge on any atom is 0.263 e. The molecule has 1 atom stereocenters. The summed E-state index contributed by atoms with van der Waals surface area (Å²) in [6, 6.07) is 4.85. The number of hydrogen-bond donors (Lipinski definition) is 0. The molecular formula is C30H27F4N2O4P. The zero-order valence-corrected chi connectivity index (χ0v) is 23.6. The highest BCUT2D eigenvalue weighted by Gasteiger charge is 2.47. The largest absolute Gasteiger partial charge is 0.545 e. The molecule has 214 valence electrons. The van der Waals surface area contributed by atoms with Gasteiger partial charge < -0.3 is 19.3 Å². The molecule has 6 nitrogen and oxygen atoms in total. The lowest BCUT2D eigenvalue weighted by atomic mass is 9.86. The van der Waals surface area contributed by atoms with E-state index in [-0.39, 0.29) is 27.3 Å². The van der Waals surface area contributed by atoms with Crippen molar-refractivity contribution < 1.29 is 41.1 Å². The van der Waals surface area contributed by atoms with Gasteiger partial charge in [-0.3, -0.25) is 4.57 Å². The minimum atomic E-state index is -3.99. The first-order valence-electron chi connectivity index (χ1n) is 13.4. The van der Waals surface area contributed by atoms with E-state index in [0.29, 0.717) is 11.4 Å². The van der Waals surface area contributed by atoms with Gasteiger partial charge in [0.25, 0.3) is 7.37 Å². The van der Waals surface area contributed by atoms with E-state index >= 15 is 8.96 Å². The molecule has 1 unspecified atom stereocenters. The summed E-state index contributed by atoms with van der Waals surface area (Å²) in [5.41, 5.74) is -2.07. The van der Waals surface area contributed by atoms with Gasteiger partial charge in [-0.25, -0.2) is 22.1 Å². The third-order valence-corrected chi connectivity index (χ3v) is 10.5. The first-order valence-corrected chi connectivity index (χ1v) is 15.0. The van der Waals surface area contributed by atoms with Crippen LogP contribution in [-0.2, 0) is 9.09 Å². The molecular weight excluding hydrogens is 559 g/mol. The van der Waals surface area contributed by atoms with Crippen LogP contribution < -0.4 is 15.3 Å². The molecule has 4 aliphatic rings. The molecule has 0 aromatic heterocycles. The number of carbonyl (C=O) groups excluding carboxylic acids is 1. The van der Waals surface area contributed by atoms with E-state index < -0.39 is 53.3 Å². The molecule has 2 saturated heterocycles. The van der Waals surface area contributed by atoms with Gasteiger partial charge in [0, 0.05) is 47.6 Å². The first-order chi connectivity index (χ1) is 19.3. The van der Waals surface area contributed by atoms with Gasteiger partial charge >= 0.3 is 0 Å². The number of nitrogens with zero attached hydrogens (tertiary/aromatic N) is 2. The lowest BCUT2D eigenvalue weighted by Gasteiger charge is -2.39. The smallest absolute Gasteiger partial charge is 0.263 e. The molecule has 3 heterocycles. The standard InChI is InChI=1S/C30H27F4N2O4P/c1-30(2,3)40-41(39)20-14-16(35-10-4-11-35)6-8-18(20)22(19-9-7-17(15-21(19)41)36-12-5-13-36)23-24(29(37)38)26(32)28(34)27(33)25(23)31/h6-9,14-15H,4-5,10-13H2,1-3H3. The highest BCUT2D eigenvalue weighted by Crippen LogP contribution is 2.65. The Morgan fingerprint density at radius 1 is 1.00 bits per heavy atom. The van der Waals surface area contributed by atoms with Crippen molar-refractivity contribution in [3.05, 3.63) is 87.3 Å². The zero-order chi connectivity index (χ0) is 29.4. The maximum atomic E-state index is 15.6. The normalized spacial score (nSPS) is 21.7. The number of hydrogen-bond acceptors (Lipinski definition) is 5. The minimum Gasteiger partial charge on any atom is -0.545 e. The topological polar surface area (TPSA) is 72.7 Å². The van der Waals surface area contributed by atoms with Crippen molar-refractivity contribution in [3.63, 3.8) is 0 Å². The molecule has 3 aliphatic heterocycles. The summed E-state index contributed by atoms with van der Waals surface area (Å²) >= 11 is 0. The van der Waals surface area contributed by atoms with Crippen LogP contribution in [0.4, 0.5) is 23.2 Å². The van der Waals surface area contributed by atoms with Gasteiger partial charge in [0.2, 0.25) is 5.71 Å². The fourth-order valence-electron chi connectivity index (χ4n) is 5.58. The Morgan fingerprint density at radius 2 is 1.68 bits per heavy atom. The fraction of sp³-hybridized carbons (Fsp3) is 0.333. The maximum absolute atomic E-state index is 15.6. The number of benzene rings is 2. The Bertz CT molecular complexity index is 1710. The van der Waals surface area contributed by atoms with Crippen molar-refractivity contribution in [1.29, 1.82) is 0 Å². The van der Waals surface area contributed by atoms with Crippen molar-refractivity contribution in [1.82, 2.24) is 0 Å². The minimum absolute atomic E-state index is 0.0675. The number of aromatic carboxylic acids is 1. The summed E-state index contributed by atoms with van der Waals surface area (Å²) in [4.78, 5) is 14.1. The van der Waals surface area contributed by atoms with Crippen molar-refractivity contribution in [3.8, 4) is 0 Å². The number of fused-ring (bicyclic) bond motifs is 2. The molecule has 0 bridgehead atoms. The molecule has 2 aromatic carbocycles. The molecule has 0 saturated carbocycles. The third-order valence-electron chi connectivity index (χ3n) is 7.70. The van der Waals surface area contributed by atoms with E-state index in [2.05, 4.69) is 0 Å². The van der Waals surface area contributed by atoms with E-state index in [1.807, 2.05) is 9.48 Å². The number of rotatable bonds is 4. The van der Waals surface area contributed by atoms with Gasteiger partial charge in [-0.2, -0.15) is 0 Å². The predicted molar refractivity (Wildman–Crippen MR) is 145 cm³/mol. The lowest BCUT2D eigenvalue weighted by Crippen LogP contribution is -2.38. The van der Waals surface area contributed by atoms with E-state index in [4.69, 9.17) is 4.52 Å². The Kier molecular flexibility index (Phi) is 6.43. The summed E-state index contributed by atoms with van der Waals surface area (Å²) in [6.45, 7) is 8.24. The van der Waals surface area contributed by atoms with Crippen LogP contribution >= 0.6 is 7.37 Å². The van der Waals surface area contributed by atoms with Crippen LogP contribution in [0.25, 0.3) is 5.57 Å². The van der Waals surface area contributed by atoms with Crippen LogP contribution in [0.3, 0.4) is 0 Å². The number of allylic oxidation sites excluding steroid dienone is 5. The molecule has 2 aromatic rings. The summed E-state index contributed by atoms with van der Waals surface area (Å²) < 4.78 is 83.2. The number of carboxylic acids is 1. The molecule has 41 heavy (non-hydrogen) atoms. The van der Waals surface area contributed by atoms with Crippen molar-refractivity contribution in [2.75, 3.05) is 31.1 Å². The van der Waals surface area contributed by atoms with Crippen LogP contribution in [0.1, 0.15) is 55.1 Å². The van der Waals surface area contributed by atoms with Crippen LogP contribution in [0, 0.1) is 23.3 Å². The SMILES string of the molecule is CC(C)(C)OP1(=O)C2=CC(=[N+]3CCC3)C=CC2=C(c2c(F)c(F)c(F)c(F)c2C(=O)[O-])c2ccc(N3CCC3)cc21. The second-order valence-corrected chi connectivity index (χ2v) is 13.8. The number of carboxylic acid groups (broad SMARTS) is 1. The van der Waals surface area contributed by atoms with Gasteiger partial charge in [0.1, 0.15) is 13.1 Å². The van der Waals surface area contributed by atoms with Gasteiger partial charge in [0.15, 0.2) is 23.3 Å². The van der Waals surface area contributed by atoms with Gasteiger partial charge in [-0.15, -0.1) is 0 Å². The molecule has 1 aliphatic carbocycles. The summed E-state index contributed by atoms with van der Waals surface area (Å²) in [5.74, 6) is -10.6. The van der Waals surface area contributed by atoms with Crippen LogP contribution in [0.2, 0.25) is 0 Å². The van der Waals surface area contributed by atoms with Crippen molar-refractivity contribution >= 4 is 35.6 Å². The predicted octanol–water partition coefficient (Wildman–Crippen LogP) is 4.66. The van der Waals surface area contributed by atoms with Gasteiger partial charge in [-0.1, -0.05) is 6.07 Å². The number of halogens is 4. The quantitative estimate of drug-likeness (QED) is 0.171. The highest BCUT2D eigenvalue weighted by molar-refractivity contribution is 7.71. The third kappa shape index (κ3) is 4.30. The fourth-order valence-corrected chi connectivity index (χ4v) is 8.42. The van der Waals surface area contributed by atoms with Gasteiger partial charge in [0.05, 0.1) is 28.6 Å². The van der Waals surface area contributed by atoms with Crippen LogP contribution in [0.5, 0.6) is 0 Å². The van der Waals surface area contributed by atoms with E-state index in [9.17, 15) is 23.1 Å². The molecule has 2 fully saturated rings. The Morgan fingerprint density at radius 3 is 2.24 bits per heavy atom. The van der Waals surface area contributed by atoms with Crippen molar-refractivity contribution in [2.24, 2.45) is 0 Å². The molecule has 0 radical (unpaired) electrons. The average Bonchev–Trinajstić information content (AvgIpc) is 2.83. The second-order valence-electron chi connectivity index (χ2n) is 11.5. The monoisotopic (exact) mass is 586 g/mol.